The molecular weight excluding hydrogens is 274 g/mol. The predicted molar refractivity (Wildman–Crippen MR) is 76.1 cm³/mol. The van der Waals surface area contributed by atoms with E-state index < -0.39 is 11.6 Å². The third-order valence-electron chi connectivity index (χ3n) is 2.89. The molecule has 104 valence electrons. The molecule has 5 heteroatoms. The Balaban J connectivity index is 1.95. The van der Waals surface area contributed by atoms with Crippen LogP contribution >= 0.6 is 0 Å². The standard InChI is InChI=1S/C16H10F2N2O/c1-2-12-7-15-10(8-19-12)5-13(9-20-15)21-16-4-3-11(17)6-14(16)18/h2-9H,1H2. The summed E-state index contributed by atoms with van der Waals surface area (Å²) in [5.74, 6) is -1.14. The molecule has 2 aromatic heterocycles. The smallest absolute Gasteiger partial charge is 0.168 e. The normalized spacial score (nSPS) is 10.6. The first-order valence-electron chi connectivity index (χ1n) is 6.17. The highest BCUT2D eigenvalue weighted by Gasteiger charge is 2.07. The number of aromatic nitrogens is 2. The molecule has 2 heterocycles. The predicted octanol–water partition coefficient (Wildman–Crippen LogP) is 4.34. The number of hydrogen-bond acceptors (Lipinski definition) is 3. The molecule has 0 bridgehead atoms. The van der Waals surface area contributed by atoms with Crippen LogP contribution < -0.4 is 4.74 Å². The minimum Gasteiger partial charge on any atom is -0.453 e. The molecular formula is C16H10F2N2O. The summed E-state index contributed by atoms with van der Waals surface area (Å²) >= 11 is 0. The molecule has 0 saturated heterocycles. The van der Waals surface area contributed by atoms with Crippen molar-refractivity contribution in [1.82, 2.24) is 9.97 Å². The first kappa shape index (κ1) is 13.2. The van der Waals surface area contributed by atoms with Gasteiger partial charge in [0, 0.05) is 17.6 Å². The third kappa shape index (κ3) is 2.72. The summed E-state index contributed by atoms with van der Waals surface area (Å²) in [4.78, 5) is 8.39. The fourth-order valence-corrected chi connectivity index (χ4v) is 1.87. The van der Waals surface area contributed by atoms with Gasteiger partial charge < -0.3 is 4.74 Å². The second-order valence-electron chi connectivity index (χ2n) is 4.35. The summed E-state index contributed by atoms with van der Waals surface area (Å²) in [5.41, 5.74) is 1.44. The molecule has 0 saturated carbocycles. The average molecular weight is 284 g/mol. The van der Waals surface area contributed by atoms with E-state index in [1.165, 1.54) is 12.3 Å². The van der Waals surface area contributed by atoms with E-state index in [1.807, 2.05) is 0 Å². The molecule has 3 nitrogen and oxygen atoms in total. The van der Waals surface area contributed by atoms with Crippen LogP contribution in [0.1, 0.15) is 5.69 Å². The Kier molecular flexibility index (Phi) is 3.31. The molecule has 0 fully saturated rings. The van der Waals surface area contributed by atoms with Gasteiger partial charge in [0.25, 0.3) is 0 Å². The van der Waals surface area contributed by atoms with Crippen LogP contribution in [0.5, 0.6) is 11.5 Å². The Bertz CT molecular complexity index is 834. The minimum absolute atomic E-state index is 0.0618. The molecule has 0 aliphatic carbocycles. The first-order chi connectivity index (χ1) is 10.2. The second kappa shape index (κ2) is 5.28. The van der Waals surface area contributed by atoms with Crippen molar-refractivity contribution in [3.63, 3.8) is 0 Å². The molecule has 0 spiro atoms. The lowest BCUT2D eigenvalue weighted by molar-refractivity contribution is 0.437. The van der Waals surface area contributed by atoms with Gasteiger partial charge in [-0.05, 0) is 30.3 Å². The van der Waals surface area contributed by atoms with Crippen molar-refractivity contribution in [2.75, 3.05) is 0 Å². The number of fused-ring (bicyclic) bond motifs is 1. The van der Waals surface area contributed by atoms with Crippen molar-refractivity contribution in [2.24, 2.45) is 0 Å². The number of nitrogens with zero attached hydrogens (tertiary/aromatic N) is 2. The van der Waals surface area contributed by atoms with Gasteiger partial charge in [0.15, 0.2) is 11.6 Å². The van der Waals surface area contributed by atoms with Crippen LogP contribution in [0, 0.1) is 11.6 Å². The van der Waals surface area contributed by atoms with Crippen molar-refractivity contribution in [3.8, 4) is 11.5 Å². The SMILES string of the molecule is C=Cc1cc2ncc(Oc3ccc(F)cc3F)cc2cn1. The number of halogens is 2. The molecule has 0 atom stereocenters. The maximum Gasteiger partial charge on any atom is 0.168 e. The summed E-state index contributed by atoms with van der Waals surface area (Å²) in [7, 11) is 0. The Morgan fingerprint density at radius 2 is 1.90 bits per heavy atom. The fraction of sp³-hybridized carbons (Fsp3) is 0. The van der Waals surface area contributed by atoms with Gasteiger partial charge in [-0.2, -0.15) is 0 Å². The van der Waals surface area contributed by atoms with E-state index in [9.17, 15) is 8.78 Å². The van der Waals surface area contributed by atoms with Crippen LogP contribution in [0.25, 0.3) is 17.0 Å². The van der Waals surface area contributed by atoms with Gasteiger partial charge in [0.2, 0.25) is 0 Å². The van der Waals surface area contributed by atoms with Crippen molar-refractivity contribution >= 4 is 17.0 Å². The van der Waals surface area contributed by atoms with Crippen LogP contribution in [-0.2, 0) is 0 Å². The molecule has 3 aromatic rings. The fourth-order valence-electron chi connectivity index (χ4n) is 1.87. The number of rotatable bonds is 3. The summed E-state index contributed by atoms with van der Waals surface area (Å²) in [6.45, 7) is 3.64. The maximum absolute atomic E-state index is 13.5. The van der Waals surface area contributed by atoms with E-state index in [-0.39, 0.29) is 5.75 Å². The van der Waals surface area contributed by atoms with Crippen LogP contribution in [0.2, 0.25) is 0 Å². The lowest BCUT2D eigenvalue weighted by Crippen LogP contribution is -1.91. The Morgan fingerprint density at radius 1 is 1.05 bits per heavy atom. The number of ether oxygens (including phenoxy) is 1. The summed E-state index contributed by atoms with van der Waals surface area (Å²) in [5, 5.41) is 0.751. The van der Waals surface area contributed by atoms with Crippen LogP contribution in [0.3, 0.4) is 0 Å². The highest BCUT2D eigenvalue weighted by molar-refractivity contribution is 5.80. The molecule has 21 heavy (non-hydrogen) atoms. The lowest BCUT2D eigenvalue weighted by atomic mass is 10.2. The molecule has 0 aliphatic rings. The largest absolute Gasteiger partial charge is 0.453 e. The van der Waals surface area contributed by atoms with Crippen molar-refractivity contribution < 1.29 is 13.5 Å². The topological polar surface area (TPSA) is 35.0 Å². The van der Waals surface area contributed by atoms with E-state index in [1.54, 1.807) is 24.4 Å². The van der Waals surface area contributed by atoms with Crippen molar-refractivity contribution in [1.29, 1.82) is 0 Å². The summed E-state index contributed by atoms with van der Waals surface area (Å²) in [6, 6.07) is 6.59. The van der Waals surface area contributed by atoms with Gasteiger partial charge in [0.1, 0.15) is 11.6 Å². The number of benzene rings is 1. The maximum atomic E-state index is 13.5. The molecule has 0 radical (unpaired) electrons. The van der Waals surface area contributed by atoms with Gasteiger partial charge in [0.05, 0.1) is 17.4 Å². The van der Waals surface area contributed by atoms with E-state index >= 15 is 0 Å². The minimum atomic E-state index is -0.768. The molecule has 0 N–H and O–H groups in total. The zero-order valence-corrected chi connectivity index (χ0v) is 10.9. The van der Waals surface area contributed by atoms with Crippen LogP contribution in [0.15, 0.2) is 49.3 Å². The number of pyridine rings is 2. The van der Waals surface area contributed by atoms with Gasteiger partial charge in [-0.15, -0.1) is 0 Å². The molecule has 0 unspecified atom stereocenters. The van der Waals surface area contributed by atoms with Crippen molar-refractivity contribution in [2.45, 2.75) is 0 Å². The first-order valence-corrected chi connectivity index (χ1v) is 6.17. The van der Waals surface area contributed by atoms with Gasteiger partial charge in [-0.3, -0.25) is 9.97 Å². The van der Waals surface area contributed by atoms with Gasteiger partial charge >= 0.3 is 0 Å². The quantitative estimate of drug-likeness (QED) is 0.717. The van der Waals surface area contributed by atoms with E-state index in [2.05, 4.69) is 16.5 Å². The van der Waals surface area contributed by atoms with Crippen LogP contribution in [-0.4, -0.2) is 9.97 Å². The second-order valence-corrected chi connectivity index (χ2v) is 4.35. The average Bonchev–Trinajstić information content (AvgIpc) is 2.49. The van der Waals surface area contributed by atoms with E-state index in [0.717, 1.165) is 23.0 Å². The highest BCUT2D eigenvalue weighted by Crippen LogP contribution is 2.26. The zero-order chi connectivity index (χ0) is 14.8. The molecule has 0 amide bonds. The number of hydrogen-bond donors (Lipinski definition) is 0. The Labute approximate surface area is 119 Å². The highest BCUT2D eigenvalue weighted by atomic mass is 19.1. The van der Waals surface area contributed by atoms with Crippen LogP contribution in [0.4, 0.5) is 8.78 Å². The molecule has 0 aliphatic heterocycles. The lowest BCUT2D eigenvalue weighted by Gasteiger charge is -2.07. The van der Waals surface area contributed by atoms with Gasteiger partial charge in [-0.25, -0.2) is 8.78 Å². The molecule has 1 aromatic carbocycles. The zero-order valence-electron chi connectivity index (χ0n) is 10.9. The third-order valence-corrected chi connectivity index (χ3v) is 2.89. The Morgan fingerprint density at radius 3 is 2.67 bits per heavy atom. The molecule has 3 rings (SSSR count). The monoisotopic (exact) mass is 284 g/mol. The van der Waals surface area contributed by atoms with E-state index in [4.69, 9.17) is 4.74 Å². The Hall–Kier alpha value is -2.82. The summed E-state index contributed by atoms with van der Waals surface area (Å²) in [6.07, 6.45) is 4.73. The summed E-state index contributed by atoms with van der Waals surface area (Å²) < 4.78 is 31.8. The van der Waals surface area contributed by atoms with Crippen molar-refractivity contribution in [3.05, 3.63) is 66.6 Å². The van der Waals surface area contributed by atoms with E-state index in [0.29, 0.717) is 11.4 Å². The van der Waals surface area contributed by atoms with Gasteiger partial charge in [-0.1, -0.05) is 6.58 Å².